The van der Waals surface area contributed by atoms with Crippen LogP contribution in [0.1, 0.15) is 30.8 Å². The molecule has 0 amide bonds. The molecular formula is C11H18N2. The van der Waals surface area contributed by atoms with Crippen molar-refractivity contribution in [2.75, 3.05) is 0 Å². The molecule has 2 nitrogen and oxygen atoms in total. The molecular weight excluding hydrogens is 160 g/mol. The first-order valence-corrected chi connectivity index (χ1v) is 4.89. The minimum absolute atomic E-state index is 0.945. The van der Waals surface area contributed by atoms with Crippen LogP contribution in [0.2, 0.25) is 0 Å². The predicted molar refractivity (Wildman–Crippen MR) is 55.9 cm³/mol. The third-order valence-electron chi connectivity index (χ3n) is 2.38. The van der Waals surface area contributed by atoms with Crippen molar-refractivity contribution in [3.05, 3.63) is 29.6 Å². The molecule has 2 heteroatoms. The Kier molecular flexibility index (Phi) is 3.29. The smallest absolute Gasteiger partial charge is 0.0659 e. The molecule has 13 heavy (non-hydrogen) atoms. The molecule has 72 valence electrons. The lowest BCUT2D eigenvalue weighted by Crippen LogP contribution is -1.98. The number of hydrogen-bond donors (Lipinski definition) is 0. The van der Waals surface area contributed by atoms with Crippen LogP contribution in [0.5, 0.6) is 0 Å². The van der Waals surface area contributed by atoms with Gasteiger partial charge in [-0.3, -0.25) is 4.68 Å². The van der Waals surface area contributed by atoms with Crippen LogP contribution in [0.15, 0.2) is 12.7 Å². The summed E-state index contributed by atoms with van der Waals surface area (Å²) in [5.74, 6) is 0. The lowest BCUT2D eigenvalue weighted by molar-refractivity contribution is 0.704. The Bertz CT molecular complexity index is 297. The maximum absolute atomic E-state index is 4.49. The fraction of sp³-hybridized carbons (Fsp3) is 0.545. The molecule has 0 radical (unpaired) electrons. The van der Waals surface area contributed by atoms with Crippen molar-refractivity contribution in [3.8, 4) is 0 Å². The van der Waals surface area contributed by atoms with E-state index in [1.54, 1.807) is 0 Å². The molecule has 0 spiro atoms. The van der Waals surface area contributed by atoms with Gasteiger partial charge in [-0.1, -0.05) is 19.9 Å². The van der Waals surface area contributed by atoms with E-state index in [4.69, 9.17) is 0 Å². The topological polar surface area (TPSA) is 17.8 Å². The summed E-state index contributed by atoms with van der Waals surface area (Å²) in [6.45, 7) is 8.10. The van der Waals surface area contributed by atoms with Crippen molar-refractivity contribution >= 4 is 0 Å². The third kappa shape index (κ3) is 1.82. The fourth-order valence-electron chi connectivity index (χ4n) is 1.77. The van der Waals surface area contributed by atoms with Gasteiger partial charge >= 0.3 is 0 Å². The molecule has 0 N–H and O–H groups in total. The summed E-state index contributed by atoms with van der Waals surface area (Å²) < 4.78 is 2.00. The number of aromatic nitrogens is 2. The first-order chi connectivity index (χ1) is 6.24. The van der Waals surface area contributed by atoms with Crippen molar-refractivity contribution in [1.82, 2.24) is 9.78 Å². The van der Waals surface area contributed by atoms with Crippen LogP contribution in [0.3, 0.4) is 0 Å². The molecule has 0 saturated heterocycles. The second kappa shape index (κ2) is 4.26. The molecule has 0 aliphatic carbocycles. The molecule has 0 aliphatic heterocycles. The molecule has 1 rings (SSSR count). The zero-order valence-electron chi connectivity index (χ0n) is 8.80. The number of nitrogens with zero attached hydrogens (tertiary/aromatic N) is 2. The number of rotatable bonds is 4. The maximum atomic E-state index is 4.49. The Morgan fingerprint density at radius 2 is 2.08 bits per heavy atom. The average molecular weight is 178 g/mol. The highest BCUT2D eigenvalue weighted by Gasteiger charge is 2.11. The summed E-state index contributed by atoms with van der Waals surface area (Å²) in [4.78, 5) is 0. The molecule has 1 aromatic rings. The van der Waals surface area contributed by atoms with Gasteiger partial charge in [0.25, 0.3) is 0 Å². The lowest BCUT2D eigenvalue weighted by atomic mass is 10.1. The van der Waals surface area contributed by atoms with Crippen LogP contribution in [0.4, 0.5) is 0 Å². The van der Waals surface area contributed by atoms with Crippen molar-refractivity contribution in [1.29, 1.82) is 0 Å². The number of allylic oxidation sites excluding steroid dienone is 1. The Hall–Kier alpha value is -1.05. The summed E-state index contributed by atoms with van der Waals surface area (Å²) >= 11 is 0. The third-order valence-corrected chi connectivity index (χ3v) is 2.38. The van der Waals surface area contributed by atoms with E-state index < -0.39 is 0 Å². The highest BCUT2D eigenvalue weighted by Crippen LogP contribution is 2.16. The van der Waals surface area contributed by atoms with Gasteiger partial charge in [0.15, 0.2) is 0 Å². The summed E-state index contributed by atoms with van der Waals surface area (Å²) in [5, 5.41) is 4.49. The van der Waals surface area contributed by atoms with Gasteiger partial charge in [-0.2, -0.15) is 5.10 Å². The van der Waals surface area contributed by atoms with Gasteiger partial charge in [0.2, 0.25) is 0 Å². The molecule has 0 atom stereocenters. The van der Waals surface area contributed by atoms with E-state index in [9.17, 15) is 0 Å². The number of hydrogen-bond acceptors (Lipinski definition) is 1. The van der Waals surface area contributed by atoms with Gasteiger partial charge in [0.1, 0.15) is 0 Å². The molecule has 1 aromatic heterocycles. The van der Waals surface area contributed by atoms with E-state index in [1.165, 1.54) is 17.0 Å². The summed E-state index contributed by atoms with van der Waals surface area (Å²) in [7, 11) is 2.02. The van der Waals surface area contributed by atoms with Gasteiger partial charge in [-0.15, -0.1) is 6.58 Å². The van der Waals surface area contributed by atoms with Crippen molar-refractivity contribution < 1.29 is 0 Å². The summed E-state index contributed by atoms with van der Waals surface area (Å²) in [6, 6.07) is 0. The normalized spacial score (nSPS) is 10.4. The van der Waals surface area contributed by atoms with Crippen LogP contribution in [-0.2, 0) is 26.3 Å². The van der Waals surface area contributed by atoms with E-state index in [0.29, 0.717) is 0 Å². The zero-order valence-corrected chi connectivity index (χ0v) is 8.80. The van der Waals surface area contributed by atoms with E-state index >= 15 is 0 Å². The maximum Gasteiger partial charge on any atom is 0.0659 e. The first-order valence-electron chi connectivity index (χ1n) is 4.89. The van der Waals surface area contributed by atoms with Gasteiger partial charge in [-0.05, 0) is 19.3 Å². The first kappa shape index (κ1) is 10.0. The molecule has 0 bridgehead atoms. The highest BCUT2D eigenvalue weighted by molar-refractivity contribution is 5.28. The van der Waals surface area contributed by atoms with Gasteiger partial charge in [0.05, 0.1) is 5.69 Å². The van der Waals surface area contributed by atoms with Crippen molar-refractivity contribution in [2.24, 2.45) is 7.05 Å². The largest absolute Gasteiger partial charge is 0.272 e. The van der Waals surface area contributed by atoms with Gasteiger partial charge in [0, 0.05) is 18.3 Å². The summed E-state index contributed by atoms with van der Waals surface area (Å²) in [6.07, 6.45) is 4.96. The fourth-order valence-corrected chi connectivity index (χ4v) is 1.77. The minimum atomic E-state index is 0.945. The van der Waals surface area contributed by atoms with Gasteiger partial charge < -0.3 is 0 Å². The Morgan fingerprint density at radius 3 is 2.54 bits per heavy atom. The zero-order chi connectivity index (χ0) is 9.84. The van der Waals surface area contributed by atoms with Crippen LogP contribution < -0.4 is 0 Å². The molecule has 0 unspecified atom stereocenters. The molecule has 0 saturated carbocycles. The SMILES string of the molecule is C=CCc1c(CC)nn(C)c1CC. The predicted octanol–water partition coefficient (Wildman–Crippen LogP) is 2.27. The van der Waals surface area contributed by atoms with Crippen LogP contribution in [0, 0.1) is 0 Å². The lowest BCUT2D eigenvalue weighted by Gasteiger charge is -2.00. The van der Waals surface area contributed by atoms with E-state index in [-0.39, 0.29) is 0 Å². The van der Waals surface area contributed by atoms with E-state index in [0.717, 1.165) is 19.3 Å². The standard InChI is InChI=1S/C11H18N2/c1-5-8-9-10(6-2)12-13(4)11(9)7-3/h5H,1,6-8H2,2-4H3. The van der Waals surface area contributed by atoms with Crippen LogP contribution in [-0.4, -0.2) is 9.78 Å². The minimum Gasteiger partial charge on any atom is -0.272 e. The molecule has 0 aliphatic rings. The van der Waals surface area contributed by atoms with E-state index in [1.807, 2.05) is 17.8 Å². The van der Waals surface area contributed by atoms with Crippen LogP contribution in [0.25, 0.3) is 0 Å². The Morgan fingerprint density at radius 1 is 1.38 bits per heavy atom. The van der Waals surface area contributed by atoms with Crippen molar-refractivity contribution in [2.45, 2.75) is 33.1 Å². The Labute approximate surface area is 80.3 Å². The molecule has 0 aromatic carbocycles. The van der Waals surface area contributed by atoms with Crippen molar-refractivity contribution in [3.63, 3.8) is 0 Å². The average Bonchev–Trinajstić information content (AvgIpc) is 2.43. The van der Waals surface area contributed by atoms with E-state index in [2.05, 4.69) is 25.5 Å². The Balaban J connectivity index is 3.14. The number of aryl methyl sites for hydroxylation is 2. The molecule has 0 fully saturated rings. The highest BCUT2D eigenvalue weighted by atomic mass is 15.3. The van der Waals surface area contributed by atoms with Gasteiger partial charge in [-0.25, -0.2) is 0 Å². The second-order valence-corrected chi connectivity index (χ2v) is 3.20. The van der Waals surface area contributed by atoms with Crippen LogP contribution >= 0.6 is 0 Å². The quantitative estimate of drug-likeness (QED) is 0.647. The summed E-state index contributed by atoms with van der Waals surface area (Å²) in [5.41, 5.74) is 3.94. The molecule has 1 heterocycles. The monoisotopic (exact) mass is 178 g/mol. The second-order valence-electron chi connectivity index (χ2n) is 3.20.